The van der Waals surface area contributed by atoms with Crippen LogP contribution in [0.4, 0.5) is 10.1 Å². The van der Waals surface area contributed by atoms with Crippen LogP contribution >= 0.6 is 0 Å². The third kappa shape index (κ3) is 4.32. The van der Waals surface area contributed by atoms with Crippen molar-refractivity contribution in [2.75, 3.05) is 5.32 Å². The molecular weight excluding hydrogens is 485 g/mol. The smallest absolute Gasteiger partial charge is 0.224 e. The predicted molar refractivity (Wildman–Crippen MR) is 143 cm³/mol. The Morgan fingerprint density at radius 3 is 2.76 bits per heavy atom. The van der Waals surface area contributed by atoms with Crippen LogP contribution in [0.5, 0.6) is 5.75 Å². The van der Waals surface area contributed by atoms with E-state index >= 15 is 0 Å². The highest BCUT2D eigenvalue weighted by atomic mass is 19.1. The van der Waals surface area contributed by atoms with Gasteiger partial charge in [-0.1, -0.05) is 6.92 Å². The Labute approximate surface area is 215 Å². The summed E-state index contributed by atoms with van der Waals surface area (Å²) in [7, 11) is 0. The molecule has 38 heavy (non-hydrogen) atoms. The number of amides is 1. The summed E-state index contributed by atoms with van der Waals surface area (Å²) >= 11 is 0. The van der Waals surface area contributed by atoms with E-state index in [4.69, 9.17) is 4.98 Å². The molecule has 6 rings (SSSR count). The number of phenolic OH excluding ortho intramolecular Hbond substituents is 1. The molecule has 5 heterocycles. The van der Waals surface area contributed by atoms with Crippen LogP contribution in [0.15, 0.2) is 67.1 Å². The molecule has 0 saturated carbocycles. The maximum Gasteiger partial charge on any atom is 0.224 e. The zero-order valence-electron chi connectivity index (χ0n) is 20.3. The highest BCUT2D eigenvalue weighted by molar-refractivity contribution is 5.99. The Balaban J connectivity index is 1.41. The van der Waals surface area contributed by atoms with Crippen molar-refractivity contribution in [3.05, 3.63) is 72.9 Å². The first kappa shape index (κ1) is 23.3. The van der Waals surface area contributed by atoms with Crippen LogP contribution in [0, 0.1) is 5.82 Å². The number of H-pyrrole nitrogens is 2. The third-order valence-corrected chi connectivity index (χ3v) is 6.16. The fraction of sp³-hybridized carbons (Fsp3) is 0.107. The van der Waals surface area contributed by atoms with E-state index in [9.17, 15) is 14.3 Å². The Bertz CT molecular complexity index is 1810. The molecule has 0 aliphatic heterocycles. The number of aromatic hydroxyl groups is 1. The van der Waals surface area contributed by atoms with Gasteiger partial charge in [0.05, 0.1) is 34.5 Å². The Morgan fingerprint density at radius 2 is 1.92 bits per heavy atom. The number of benzene rings is 1. The summed E-state index contributed by atoms with van der Waals surface area (Å²) < 4.78 is 14.0. The number of carbonyl (C=O) groups is 1. The number of pyridine rings is 3. The monoisotopic (exact) mass is 507 g/mol. The van der Waals surface area contributed by atoms with Crippen LogP contribution in [0.3, 0.4) is 0 Å². The molecule has 188 valence electrons. The van der Waals surface area contributed by atoms with E-state index in [2.05, 4.69) is 30.5 Å². The number of halogens is 1. The van der Waals surface area contributed by atoms with Crippen LogP contribution in [-0.2, 0) is 4.79 Å². The zero-order chi connectivity index (χ0) is 26.2. The highest BCUT2D eigenvalue weighted by Gasteiger charge is 2.17. The van der Waals surface area contributed by atoms with Crippen LogP contribution in [0.2, 0.25) is 0 Å². The molecule has 0 atom stereocenters. The molecule has 0 fully saturated rings. The van der Waals surface area contributed by atoms with Gasteiger partial charge in [0, 0.05) is 46.9 Å². The average molecular weight is 508 g/mol. The summed E-state index contributed by atoms with van der Waals surface area (Å²) in [5.41, 5.74) is 6.50. The second-order valence-corrected chi connectivity index (χ2v) is 8.93. The number of aromatic nitrogens is 6. The fourth-order valence-corrected chi connectivity index (χ4v) is 4.47. The molecule has 0 aliphatic rings. The van der Waals surface area contributed by atoms with Crippen molar-refractivity contribution >= 4 is 33.5 Å². The molecule has 5 aromatic heterocycles. The molecule has 0 radical (unpaired) electrons. The number of rotatable bonds is 6. The number of nitrogens with one attached hydrogen (secondary N) is 3. The first-order valence-electron chi connectivity index (χ1n) is 12.1. The molecule has 6 aromatic rings. The Morgan fingerprint density at radius 1 is 1.03 bits per heavy atom. The summed E-state index contributed by atoms with van der Waals surface area (Å²) in [6.45, 7) is 1.95. The summed E-state index contributed by atoms with van der Waals surface area (Å²) in [5, 5.41) is 21.0. The van der Waals surface area contributed by atoms with Gasteiger partial charge in [0.15, 0.2) is 0 Å². The fourth-order valence-electron chi connectivity index (χ4n) is 4.47. The lowest BCUT2D eigenvalue weighted by atomic mass is 10.1. The van der Waals surface area contributed by atoms with Crippen molar-refractivity contribution in [2.24, 2.45) is 0 Å². The molecule has 1 aromatic carbocycles. The van der Waals surface area contributed by atoms with Crippen molar-refractivity contribution in [1.82, 2.24) is 30.1 Å². The second kappa shape index (κ2) is 9.40. The largest absolute Gasteiger partial charge is 0.508 e. The van der Waals surface area contributed by atoms with Gasteiger partial charge < -0.3 is 15.4 Å². The van der Waals surface area contributed by atoms with Crippen molar-refractivity contribution < 1.29 is 14.3 Å². The maximum absolute atomic E-state index is 14.0. The zero-order valence-corrected chi connectivity index (χ0v) is 20.3. The van der Waals surface area contributed by atoms with Gasteiger partial charge in [-0.15, -0.1) is 0 Å². The van der Waals surface area contributed by atoms with Gasteiger partial charge in [0.25, 0.3) is 0 Å². The number of hydrogen-bond acceptors (Lipinski definition) is 6. The average Bonchev–Trinajstić information content (AvgIpc) is 3.52. The van der Waals surface area contributed by atoms with Gasteiger partial charge in [-0.2, -0.15) is 5.10 Å². The summed E-state index contributed by atoms with van der Waals surface area (Å²) in [5.74, 6) is -0.783. The molecule has 1 amide bonds. The minimum atomic E-state index is -0.548. The minimum absolute atomic E-state index is 0.0619. The van der Waals surface area contributed by atoms with Crippen LogP contribution in [0.25, 0.3) is 55.8 Å². The number of phenols is 1. The molecule has 0 aliphatic carbocycles. The van der Waals surface area contributed by atoms with Gasteiger partial charge in [0.2, 0.25) is 5.91 Å². The van der Waals surface area contributed by atoms with Crippen LogP contribution in [0.1, 0.15) is 19.8 Å². The standard InChI is InChI=1S/C28H22FN7O2/c1-2-3-25(38)32-18-9-16(13-30-14-18)21-4-5-23-27(34-21)28(36-35-23)24-12-20-22(33-24)6-7-31-26(20)15-8-17(29)11-19(37)10-15/h4-14,33,37H,2-3H2,1H3,(H,32,38)(H,35,36). The van der Waals surface area contributed by atoms with Gasteiger partial charge in [-0.3, -0.25) is 19.9 Å². The van der Waals surface area contributed by atoms with Gasteiger partial charge in [-0.05, 0) is 48.9 Å². The van der Waals surface area contributed by atoms with Gasteiger partial charge >= 0.3 is 0 Å². The number of carbonyl (C=O) groups excluding carboxylic acids is 1. The van der Waals surface area contributed by atoms with Crippen molar-refractivity contribution in [2.45, 2.75) is 19.8 Å². The van der Waals surface area contributed by atoms with E-state index in [0.717, 1.165) is 34.5 Å². The van der Waals surface area contributed by atoms with E-state index in [0.29, 0.717) is 46.0 Å². The van der Waals surface area contributed by atoms with E-state index < -0.39 is 5.82 Å². The molecule has 10 heteroatoms. The van der Waals surface area contributed by atoms with E-state index in [1.807, 2.05) is 37.3 Å². The Hall–Kier alpha value is -5.12. The summed E-state index contributed by atoms with van der Waals surface area (Å²) in [6.07, 6.45) is 6.12. The SMILES string of the molecule is CCCC(=O)Nc1cncc(-c2ccc3[nH]nc(-c4cc5c(-c6cc(O)cc(F)c6)nccc5[nH]4)c3n2)c1. The van der Waals surface area contributed by atoms with Crippen LogP contribution < -0.4 is 5.32 Å². The quantitative estimate of drug-likeness (QED) is 0.225. The van der Waals surface area contributed by atoms with Gasteiger partial charge in [0.1, 0.15) is 22.8 Å². The number of anilines is 1. The first-order valence-corrected chi connectivity index (χ1v) is 12.1. The molecule has 0 bridgehead atoms. The lowest BCUT2D eigenvalue weighted by Gasteiger charge is -2.06. The number of hydrogen-bond donors (Lipinski definition) is 4. The number of nitrogens with zero attached hydrogens (tertiary/aromatic N) is 4. The Kier molecular flexibility index (Phi) is 5.76. The first-order chi connectivity index (χ1) is 18.5. The lowest BCUT2D eigenvalue weighted by molar-refractivity contribution is -0.116. The van der Waals surface area contributed by atoms with E-state index in [1.165, 1.54) is 12.1 Å². The molecule has 9 nitrogen and oxygen atoms in total. The van der Waals surface area contributed by atoms with Gasteiger partial charge in [-0.25, -0.2) is 9.37 Å². The highest BCUT2D eigenvalue weighted by Crippen LogP contribution is 2.34. The molecule has 0 unspecified atom stereocenters. The summed E-state index contributed by atoms with van der Waals surface area (Å²) in [4.78, 5) is 28.9. The van der Waals surface area contributed by atoms with Crippen molar-refractivity contribution in [3.63, 3.8) is 0 Å². The normalized spacial score (nSPS) is 11.3. The predicted octanol–water partition coefficient (Wildman–Crippen LogP) is 5.81. The topological polar surface area (TPSA) is 132 Å². The third-order valence-electron chi connectivity index (χ3n) is 6.16. The number of fused-ring (bicyclic) bond motifs is 2. The molecular formula is C28H22FN7O2. The maximum atomic E-state index is 14.0. The minimum Gasteiger partial charge on any atom is -0.508 e. The second-order valence-electron chi connectivity index (χ2n) is 8.93. The van der Waals surface area contributed by atoms with E-state index in [1.54, 1.807) is 18.6 Å². The van der Waals surface area contributed by atoms with Crippen LogP contribution in [-0.4, -0.2) is 41.1 Å². The van der Waals surface area contributed by atoms with E-state index in [-0.39, 0.29) is 11.7 Å². The van der Waals surface area contributed by atoms with Crippen molar-refractivity contribution in [3.8, 4) is 39.7 Å². The molecule has 4 N–H and O–H groups in total. The summed E-state index contributed by atoms with van der Waals surface area (Å²) in [6, 6.07) is 13.2. The number of aromatic amines is 2. The lowest BCUT2D eigenvalue weighted by Crippen LogP contribution is -2.10. The van der Waals surface area contributed by atoms with Crippen molar-refractivity contribution in [1.29, 1.82) is 0 Å². The molecule has 0 spiro atoms. The molecule has 0 saturated heterocycles.